The predicted octanol–water partition coefficient (Wildman–Crippen LogP) is -0.0240. The van der Waals surface area contributed by atoms with Crippen molar-refractivity contribution in [2.24, 2.45) is 0 Å². The van der Waals surface area contributed by atoms with E-state index < -0.39 is 20.4 Å². The van der Waals surface area contributed by atoms with Gasteiger partial charge in [-0.1, -0.05) is 15.9 Å². The number of halogens is 1. The second-order valence-corrected chi connectivity index (χ2v) is 4.74. The lowest BCUT2D eigenvalue weighted by atomic mass is 10.5. The monoisotopic (exact) mass is 218 g/mol. The van der Waals surface area contributed by atoms with Gasteiger partial charge in [-0.15, -0.1) is 0 Å². The van der Waals surface area contributed by atoms with Gasteiger partial charge in [0.1, 0.15) is 0 Å². The molecule has 2 N–H and O–H groups in total. The molecule has 0 rings (SSSR count). The van der Waals surface area contributed by atoms with Crippen molar-refractivity contribution in [2.45, 2.75) is 17.2 Å². The van der Waals surface area contributed by atoms with Gasteiger partial charge >= 0.3 is 0 Å². The van der Waals surface area contributed by atoms with Crippen molar-refractivity contribution in [1.82, 2.24) is 0 Å². The first kappa shape index (κ1) is 9.35. The van der Waals surface area contributed by atoms with Crippen molar-refractivity contribution >= 4 is 26.0 Å². The third kappa shape index (κ3) is 3.14. The van der Waals surface area contributed by atoms with Gasteiger partial charge in [0.25, 0.3) is 10.1 Å². The minimum Gasteiger partial charge on any atom is -0.391 e. The lowest BCUT2D eigenvalue weighted by Gasteiger charge is -2.07. The Bertz CT molecular complexity index is 172. The smallest absolute Gasteiger partial charge is 0.280 e. The largest absolute Gasteiger partial charge is 0.391 e. The molecule has 0 aromatic heterocycles. The molecule has 0 bridgehead atoms. The van der Waals surface area contributed by atoms with Crippen molar-refractivity contribution in [3.8, 4) is 0 Å². The zero-order valence-corrected chi connectivity index (χ0v) is 7.05. The topological polar surface area (TPSA) is 74.6 Å². The highest BCUT2D eigenvalue weighted by Gasteiger charge is 2.23. The molecule has 0 aliphatic carbocycles. The quantitative estimate of drug-likeness (QED) is 0.505. The van der Waals surface area contributed by atoms with Crippen molar-refractivity contribution in [2.75, 3.05) is 0 Å². The molecule has 0 aromatic carbocycles. The van der Waals surface area contributed by atoms with Crippen LogP contribution >= 0.6 is 15.9 Å². The summed E-state index contributed by atoms with van der Waals surface area (Å²) in [5.74, 6) is 0. The predicted molar refractivity (Wildman–Crippen MR) is 35.9 cm³/mol. The first-order valence-corrected chi connectivity index (χ1v) is 4.56. The lowest BCUT2D eigenvalue weighted by molar-refractivity contribution is 0.208. The van der Waals surface area contributed by atoms with Crippen LogP contribution in [0.1, 0.15) is 6.92 Å². The average Bonchev–Trinajstić information content (AvgIpc) is 1.62. The molecule has 0 saturated heterocycles. The molecule has 0 aliphatic rings. The van der Waals surface area contributed by atoms with Crippen LogP contribution in [-0.4, -0.2) is 28.3 Å². The maximum absolute atomic E-state index is 10.1. The van der Waals surface area contributed by atoms with E-state index in [0.717, 1.165) is 0 Å². The Labute approximate surface area is 61.8 Å². The second kappa shape index (κ2) is 2.96. The third-order valence-corrected chi connectivity index (χ3v) is 3.81. The van der Waals surface area contributed by atoms with Crippen molar-refractivity contribution < 1.29 is 18.1 Å². The zero-order valence-electron chi connectivity index (χ0n) is 4.65. The molecule has 2 unspecified atom stereocenters. The Balaban J connectivity index is 4.24. The second-order valence-electron chi connectivity index (χ2n) is 1.61. The van der Waals surface area contributed by atoms with Crippen molar-refractivity contribution in [3.63, 3.8) is 0 Å². The molecular weight excluding hydrogens is 212 g/mol. The molecule has 0 heterocycles. The number of hydrogen-bond acceptors (Lipinski definition) is 3. The van der Waals surface area contributed by atoms with Gasteiger partial charge in [0, 0.05) is 0 Å². The molecule has 0 aliphatic heterocycles. The summed E-state index contributed by atoms with van der Waals surface area (Å²) < 4.78 is 27.2. The van der Waals surface area contributed by atoms with Crippen LogP contribution in [0.25, 0.3) is 0 Å². The molecule has 0 spiro atoms. The molecule has 0 radical (unpaired) electrons. The van der Waals surface area contributed by atoms with E-state index in [-0.39, 0.29) is 0 Å². The van der Waals surface area contributed by atoms with Gasteiger partial charge < -0.3 is 5.11 Å². The summed E-state index contributed by atoms with van der Waals surface area (Å²) in [7, 11) is -4.14. The number of rotatable bonds is 2. The van der Waals surface area contributed by atoms with E-state index >= 15 is 0 Å². The Kier molecular flexibility index (Phi) is 3.07. The summed E-state index contributed by atoms with van der Waals surface area (Å²) in [5.41, 5.74) is 0. The first-order valence-electron chi connectivity index (χ1n) is 2.14. The molecule has 9 heavy (non-hydrogen) atoms. The van der Waals surface area contributed by atoms with Crippen LogP contribution in [0.4, 0.5) is 0 Å². The van der Waals surface area contributed by atoms with Gasteiger partial charge in [-0.05, 0) is 6.92 Å². The van der Waals surface area contributed by atoms with Gasteiger partial charge in [0.2, 0.25) is 0 Å². The normalized spacial score (nSPS) is 19.1. The minimum atomic E-state index is -4.14. The van der Waals surface area contributed by atoms with E-state index in [1.54, 1.807) is 0 Å². The minimum absolute atomic E-state index is 1.11. The SMILES string of the molecule is CC(O)C(Br)S(=O)(=O)O. The van der Waals surface area contributed by atoms with E-state index in [1.807, 2.05) is 0 Å². The maximum Gasteiger partial charge on any atom is 0.280 e. The van der Waals surface area contributed by atoms with Gasteiger partial charge in [-0.2, -0.15) is 8.42 Å². The Morgan fingerprint density at radius 2 is 1.89 bits per heavy atom. The molecule has 56 valence electrons. The number of alkyl halides is 1. The van der Waals surface area contributed by atoms with Gasteiger partial charge in [-0.3, -0.25) is 4.55 Å². The van der Waals surface area contributed by atoms with E-state index in [2.05, 4.69) is 15.9 Å². The number of hydrogen-bond donors (Lipinski definition) is 2. The van der Waals surface area contributed by atoms with Crippen LogP contribution < -0.4 is 0 Å². The van der Waals surface area contributed by atoms with Crippen LogP contribution in [0.2, 0.25) is 0 Å². The van der Waals surface area contributed by atoms with Crippen molar-refractivity contribution in [1.29, 1.82) is 0 Å². The summed E-state index contributed by atoms with van der Waals surface area (Å²) in [6.07, 6.45) is -1.11. The van der Waals surface area contributed by atoms with Gasteiger partial charge in [0.05, 0.1) is 6.10 Å². The van der Waals surface area contributed by atoms with E-state index in [4.69, 9.17) is 9.66 Å². The fraction of sp³-hybridized carbons (Fsp3) is 1.00. The average molecular weight is 219 g/mol. The summed E-state index contributed by atoms with van der Waals surface area (Å²) in [5, 5.41) is 8.57. The first-order chi connectivity index (χ1) is 3.85. The lowest BCUT2D eigenvalue weighted by Crippen LogP contribution is -2.25. The van der Waals surface area contributed by atoms with E-state index in [9.17, 15) is 8.42 Å². The fourth-order valence-corrected chi connectivity index (χ4v) is 0.747. The number of aliphatic hydroxyl groups is 1. The van der Waals surface area contributed by atoms with Crippen molar-refractivity contribution in [3.05, 3.63) is 0 Å². The Hall–Kier alpha value is 0.350. The van der Waals surface area contributed by atoms with Crippen LogP contribution in [0.15, 0.2) is 0 Å². The van der Waals surface area contributed by atoms with Crippen LogP contribution in [0.3, 0.4) is 0 Å². The van der Waals surface area contributed by atoms with Gasteiger partial charge in [0.15, 0.2) is 4.16 Å². The van der Waals surface area contributed by atoms with E-state index in [1.165, 1.54) is 6.92 Å². The molecule has 0 saturated carbocycles. The Morgan fingerprint density at radius 1 is 1.56 bits per heavy atom. The molecule has 0 aromatic rings. The fourth-order valence-electron chi connectivity index (χ4n) is 0.249. The standard InChI is InChI=1S/C3H7BrO4S/c1-2(5)3(4)9(6,7)8/h2-3,5H,1H3,(H,6,7,8). The summed E-state index contributed by atoms with van der Waals surface area (Å²) >= 11 is 2.57. The van der Waals surface area contributed by atoms with Crippen LogP contribution in [-0.2, 0) is 10.1 Å². The highest BCUT2D eigenvalue weighted by molar-refractivity contribution is 9.11. The maximum atomic E-state index is 10.1. The molecule has 0 amide bonds. The summed E-state index contributed by atoms with van der Waals surface area (Å²) in [6.45, 7) is 1.26. The number of aliphatic hydroxyl groups excluding tert-OH is 1. The molecule has 6 heteroatoms. The molecule has 0 fully saturated rings. The summed E-state index contributed by atoms with van der Waals surface area (Å²) in [6, 6.07) is 0. The third-order valence-electron chi connectivity index (χ3n) is 0.664. The van der Waals surface area contributed by atoms with Crippen LogP contribution in [0, 0.1) is 0 Å². The highest BCUT2D eigenvalue weighted by Crippen LogP contribution is 2.11. The van der Waals surface area contributed by atoms with Gasteiger partial charge in [-0.25, -0.2) is 0 Å². The molecule has 2 atom stereocenters. The highest BCUT2D eigenvalue weighted by atomic mass is 79.9. The van der Waals surface area contributed by atoms with E-state index in [0.29, 0.717) is 0 Å². The summed E-state index contributed by atoms with van der Waals surface area (Å²) in [4.78, 5) is 0. The zero-order chi connectivity index (χ0) is 7.65. The molecular formula is C3H7BrO4S. The van der Waals surface area contributed by atoms with Crippen LogP contribution in [0.5, 0.6) is 0 Å². The Morgan fingerprint density at radius 3 is 1.89 bits per heavy atom. The molecule has 4 nitrogen and oxygen atoms in total.